The Balaban J connectivity index is 1.39. The number of aromatic nitrogens is 2. The summed E-state index contributed by atoms with van der Waals surface area (Å²) in [5.74, 6) is 0.398. The Hall–Kier alpha value is -3.71. The lowest BCUT2D eigenvalue weighted by Crippen LogP contribution is -2.40. The van der Waals surface area contributed by atoms with Crippen molar-refractivity contribution < 1.29 is 27.1 Å². The second-order valence-corrected chi connectivity index (χ2v) is 12.0. The molecule has 0 saturated carbocycles. The van der Waals surface area contributed by atoms with Gasteiger partial charge in [-0.15, -0.1) is 10.2 Å². The highest BCUT2D eigenvalue weighted by molar-refractivity contribution is 8.00. The van der Waals surface area contributed by atoms with E-state index in [9.17, 15) is 13.2 Å². The first-order valence-electron chi connectivity index (χ1n) is 12.5. The van der Waals surface area contributed by atoms with Gasteiger partial charge in [-0.25, -0.2) is 8.42 Å². The highest BCUT2D eigenvalue weighted by atomic mass is 32.2. The SMILES string of the molecule is COc1ccc(C)cc1NC(=O)[C@H](Sc1nnc(-c2cccc(S(=O)(=O)N3CCOCC3)c2)o1)c1ccccc1. The number of thioether (sulfide) groups is 1. The fourth-order valence-electron chi connectivity index (χ4n) is 4.22. The number of morpholine rings is 1. The second kappa shape index (κ2) is 12.2. The molecule has 1 N–H and O–H groups in total. The number of carbonyl (C=O) groups is 1. The summed E-state index contributed by atoms with van der Waals surface area (Å²) in [7, 11) is -2.15. The van der Waals surface area contributed by atoms with Gasteiger partial charge in [0, 0.05) is 18.7 Å². The topological polar surface area (TPSA) is 124 Å². The van der Waals surface area contributed by atoms with Crippen molar-refractivity contribution >= 4 is 33.4 Å². The molecule has 0 radical (unpaired) electrons. The molecule has 5 rings (SSSR count). The third-order valence-corrected chi connectivity index (χ3v) is 9.25. The molecular weight excluding hydrogens is 552 g/mol. The van der Waals surface area contributed by atoms with Crippen molar-refractivity contribution in [1.29, 1.82) is 0 Å². The molecule has 1 saturated heterocycles. The van der Waals surface area contributed by atoms with Crippen LogP contribution in [0.4, 0.5) is 5.69 Å². The Morgan fingerprint density at radius 3 is 2.55 bits per heavy atom. The number of rotatable bonds is 9. The van der Waals surface area contributed by atoms with Crippen LogP contribution in [0.5, 0.6) is 5.75 Å². The monoisotopic (exact) mass is 580 g/mol. The number of anilines is 1. The van der Waals surface area contributed by atoms with Crippen molar-refractivity contribution in [3.63, 3.8) is 0 Å². The average molecular weight is 581 g/mol. The molecule has 40 heavy (non-hydrogen) atoms. The molecule has 12 heteroatoms. The number of nitrogens with one attached hydrogen (secondary N) is 1. The first-order chi connectivity index (χ1) is 19.3. The van der Waals surface area contributed by atoms with Gasteiger partial charge in [-0.3, -0.25) is 4.79 Å². The van der Waals surface area contributed by atoms with Gasteiger partial charge >= 0.3 is 0 Å². The van der Waals surface area contributed by atoms with Crippen LogP contribution in [0.15, 0.2) is 87.3 Å². The van der Waals surface area contributed by atoms with E-state index in [0.29, 0.717) is 43.3 Å². The zero-order valence-electron chi connectivity index (χ0n) is 21.9. The summed E-state index contributed by atoms with van der Waals surface area (Å²) in [6, 6.07) is 21.2. The Morgan fingerprint density at radius 2 is 1.80 bits per heavy atom. The van der Waals surface area contributed by atoms with Crippen LogP contribution in [0.3, 0.4) is 0 Å². The number of methoxy groups -OCH3 is 1. The average Bonchev–Trinajstić information content (AvgIpc) is 3.46. The zero-order valence-corrected chi connectivity index (χ0v) is 23.6. The standard InChI is InChI=1S/C28H28N4O6S2/c1-19-11-12-24(36-2)23(17-19)29-26(33)25(20-7-4-3-5-8-20)39-28-31-30-27(38-28)21-9-6-10-22(18-21)40(34,35)32-13-15-37-16-14-32/h3-12,17-18,25H,13-16H2,1-2H3,(H,29,33)/t25-/m1/s1. The molecule has 1 atom stereocenters. The summed E-state index contributed by atoms with van der Waals surface area (Å²) >= 11 is 1.10. The first-order valence-corrected chi connectivity index (χ1v) is 14.9. The van der Waals surface area contributed by atoms with Gasteiger partial charge in [0.2, 0.25) is 21.8 Å². The molecule has 208 valence electrons. The molecule has 10 nitrogen and oxygen atoms in total. The van der Waals surface area contributed by atoms with Crippen LogP contribution >= 0.6 is 11.8 Å². The minimum absolute atomic E-state index is 0.132. The lowest BCUT2D eigenvalue weighted by atomic mass is 10.1. The number of carbonyl (C=O) groups excluding carboxylic acids is 1. The molecule has 3 aromatic carbocycles. The smallest absolute Gasteiger partial charge is 0.277 e. The Kier molecular flexibility index (Phi) is 8.50. The van der Waals surface area contributed by atoms with Crippen LogP contribution in [0, 0.1) is 6.92 Å². The molecule has 0 unspecified atom stereocenters. The number of hydrogen-bond donors (Lipinski definition) is 1. The van der Waals surface area contributed by atoms with E-state index >= 15 is 0 Å². The predicted octanol–water partition coefficient (Wildman–Crippen LogP) is 4.55. The van der Waals surface area contributed by atoms with Crippen molar-refractivity contribution in [2.75, 3.05) is 38.7 Å². The Morgan fingerprint density at radius 1 is 1.02 bits per heavy atom. The lowest BCUT2D eigenvalue weighted by Gasteiger charge is -2.26. The first kappa shape index (κ1) is 27.8. The van der Waals surface area contributed by atoms with Gasteiger partial charge in [-0.05, 0) is 60.1 Å². The van der Waals surface area contributed by atoms with Crippen LogP contribution in [-0.2, 0) is 19.6 Å². The summed E-state index contributed by atoms with van der Waals surface area (Å²) in [6.07, 6.45) is 0. The maximum Gasteiger partial charge on any atom is 0.277 e. The van der Waals surface area contributed by atoms with E-state index in [0.717, 1.165) is 22.9 Å². The highest BCUT2D eigenvalue weighted by Gasteiger charge is 2.28. The van der Waals surface area contributed by atoms with Crippen molar-refractivity contribution in [3.05, 3.63) is 83.9 Å². The van der Waals surface area contributed by atoms with Crippen molar-refractivity contribution in [1.82, 2.24) is 14.5 Å². The molecule has 0 aliphatic carbocycles. The number of amides is 1. The third kappa shape index (κ3) is 6.20. The molecule has 0 bridgehead atoms. The predicted molar refractivity (Wildman–Crippen MR) is 151 cm³/mol. The molecule has 1 amide bonds. The Labute approximate surface area is 236 Å². The fraction of sp³-hybridized carbons (Fsp3) is 0.250. The molecule has 1 aliphatic heterocycles. The van der Waals surface area contributed by atoms with Crippen LogP contribution in [-0.4, -0.2) is 62.2 Å². The van der Waals surface area contributed by atoms with Gasteiger partial charge in [-0.2, -0.15) is 4.31 Å². The van der Waals surface area contributed by atoms with E-state index in [-0.39, 0.29) is 21.9 Å². The van der Waals surface area contributed by atoms with Gasteiger partial charge in [0.15, 0.2) is 0 Å². The molecule has 4 aromatic rings. The van der Waals surface area contributed by atoms with E-state index in [1.807, 2.05) is 49.4 Å². The molecule has 1 aliphatic rings. The summed E-state index contributed by atoms with van der Waals surface area (Å²) in [4.78, 5) is 13.7. The number of nitrogens with zero attached hydrogens (tertiary/aromatic N) is 3. The van der Waals surface area contributed by atoms with E-state index in [4.69, 9.17) is 13.9 Å². The summed E-state index contributed by atoms with van der Waals surface area (Å²) in [5, 5.41) is 10.7. The number of hydrogen-bond acceptors (Lipinski definition) is 9. The number of ether oxygens (including phenoxy) is 2. The molecule has 2 heterocycles. The maximum atomic E-state index is 13.5. The van der Waals surface area contributed by atoms with Crippen molar-refractivity contribution in [3.8, 4) is 17.2 Å². The van der Waals surface area contributed by atoms with Gasteiger partial charge in [-0.1, -0.05) is 42.5 Å². The lowest BCUT2D eigenvalue weighted by molar-refractivity contribution is -0.115. The maximum absolute atomic E-state index is 13.5. The molecule has 0 spiro atoms. The van der Waals surface area contributed by atoms with E-state index < -0.39 is 15.3 Å². The number of benzene rings is 3. The summed E-state index contributed by atoms with van der Waals surface area (Å²) in [6.45, 7) is 3.24. The third-order valence-electron chi connectivity index (χ3n) is 6.27. The molecular formula is C28H28N4O6S2. The highest BCUT2D eigenvalue weighted by Crippen LogP contribution is 2.38. The second-order valence-electron chi connectivity index (χ2n) is 9.02. The van der Waals surface area contributed by atoms with Crippen LogP contribution in [0.2, 0.25) is 0 Å². The summed E-state index contributed by atoms with van der Waals surface area (Å²) < 4.78 is 44.2. The van der Waals surface area contributed by atoms with Gasteiger partial charge < -0.3 is 19.2 Å². The van der Waals surface area contributed by atoms with E-state index in [1.54, 1.807) is 25.3 Å². The van der Waals surface area contributed by atoms with Crippen LogP contribution in [0.1, 0.15) is 16.4 Å². The minimum atomic E-state index is -3.70. The largest absolute Gasteiger partial charge is 0.495 e. The zero-order chi connectivity index (χ0) is 28.1. The van der Waals surface area contributed by atoms with Crippen molar-refractivity contribution in [2.45, 2.75) is 22.3 Å². The number of aryl methyl sites for hydroxylation is 1. The quantitative estimate of drug-likeness (QED) is 0.284. The normalized spacial score (nSPS) is 14.9. The minimum Gasteiger partial charge on any atom is -0.495 e. The number of sulfonamides is 1. The van der Waals surface area contributed by atoms with Gasteiger partial charge in [0.05, 0.1) is 30.9 Å². The van der Waals surface area contributed by atoms with Crippen LogP contribution < -0.4 is 10.1 Å². The fourth-order valence-corrected chi connectivity index (χ4v) is 6.55. The van der Waals surface area contributed by atoms with Gasteiger partial charge in [0.25, 0.3) is 5.22 Å². The summed E-state index contributed by atoms with van der Waals surface area (Å²) in [5.41, 5.74) is 2.73. The molecule has 1 fully saturated rings. The van der Waals surface area contributed by atoms with E-state index in [2.05, 4.69) is 15.5 Å². The Bertz CT molecular complexity index is 1590. The van der Waals surface area contributed by atoms with Gasteiger partial charge in [0.1, 0.15) is 11.0 Å². The molecule has 1 aromatic heterocycles. The van der Waals surface area contributed by atoms with Crippen molar-refractivity contribution in [2.24, 2.45) is 0 Å². The van der Waals surface area contributed by atoms with Crippen LogP contribution in [0.25, 0.3) is 11.5 Å². The van der Waals surface area contributed by atoms with E-state index in [1.165, 1.54) is 16.4 Å².